The van der Waals surface area contributed by atoms with E-state index in [1.54, 1.807) is 4.90 Å². The molecule has 0 spiro atoms. The minimum atomic E-state index is -0.325. The van der Waals surface area contributed by atoms with E-state index in [4.69, 9.17) is 9.84 Å². The Morgan fingerprint density at radius 3 is 2.34 bits per heavy atom. The van der Waals surface area contributed by atoms with Crippen LogP contribution in [0.4, 0.5) is 4.79 Å². The number of rotatable bonds is 3. The molecule has 0 aromatic carbocycles. The Kier molecular flexibility index (Phi) is 5.18. The lowest BCUT2D eigenvalue weighted by Gasteiger charge is -2.54. The van der Waals surface area contributed by atoms with Gasteiger partial charge in [-0.05, 0) is 68.6 Å². The number of nitrogens with one attached hydrogen (secondary N) is 1. The van der Waals surface area contributed by atoms with Gasteiger partial charge in [0.15, 0.2) is 5.69 Å². The molecule has 7 heteroatoms. The molecule has 5 aliphatic carbocycles. The molecule has 5 fully saturated rings. The third kappa shape index (κ3) is 3.43. The standard InChI is InChI=1S/C25H36N4O3/c1-32-25(31)28-8-7-21-20(14-28)23(27-29(21)19-5-3-2-4-6-19)24(30)26-22-17-10-15-9-16(12-17)13-18(22)11-15/h15-19,22H,2-14H2,1H3,(H,26,30). The molecule has 1 aromatic heterocycles. The summed E-state index contributed by atoms with van der Waals surface area (Å²) in [4.78, 5) is 27.6. The van der Waals surface area contributed by atoms with Crippen LogP contribution in [0.1, 0.15) is 92.0 Å². The van der Waals surface area contributed by atoms with Gasteiger partial charge in [0.05, 0.1) is 19.7 Å². The van der Waals surface area contributed by atoms with Crippen molar-refractivity contribution >= 4 is 12.0 Å². The van der Waals surface area contributed by atoms with Gasteiger partial charge in [0.2, 0.25) is 0 Å². The largest absolute Gasteiger partial charge is 0.453 e. The summed E-state index contributed by atoms with van der Waals surface area (Å²) in [5, 5.41) is 8.40. The van der Waals surface area contributed by atoms with Gasteiger partial charge in [-0.1, -0.05) is 19.3 Å². The predicted octanol–water partition coefficient (Wildman–Crippen LogP) is 4.07. The van der Waals surface area contributed by atoms with Crippen LogP contribution in [0.15, 0.2) is 0 Å². The number of ether oxygens (including phenoxy) is 1. The van der Waals surface area contributed by atoms with Gasteiger partial charge in [-0.3, -0.25) is 9.48 Å². The van der Waals surface area contributed by atoms with Crippen LogP contribution in [0, 0.1) is 23.7 Å². The lowest BCUT2D eigenvalue weighted by atomic mass is 9.54. The molecule has 1 aliphatic heterocycles. The average molecular weight is 441 g/mol. The molecule has 6 aliphatic rings. The van der Waals surface area contributed by atoms with E-state index < -0.39 is 0 Å². The summed E-state index contributed by atoms with van der Waals surface area (Å²) in [6.45, 7) is 1.04. The van der Waals surface area contributed by atoms with Gasteiger partial charge in [0.1, 0.15) is 0 Å². The first-order valence-corrected chi connectivity index (χ1v) is 12.8. The number of methoxy groups -OCH3 is 1. The van der Waals surface area contributed by atoms with E-state index in [1.165, 1.54) is 58.5 Å². The maximum Gasteiger partial charge on any atom is 0.409 e. The zero-order valence-corrected chi connectivity index (χ0v) is 19.2. The Balaban J connectivity index is 1.28. The SMILES string of the molecule is COC(=O)N1CCc2c(c(C(=O)NC3C4CC5CC(C4)CC3C5)nn2C2CCCCC2)C1. The highest BCUT2D eigenvalue weighted by Gasteiger charge is 2.49. The highest BCUT2D eigenvalue weighted by molar-refractivity contribution is 5.94. The maximum atomic E-state index is 13.6. The molecule has 2 heterocycles. The fourth-order valence-electron chi connectivity index (χ4n) is 7.92. The van der Waals surface area contributed by atoms with Crippen molar-refractivity contribution < 1.29 is 14.3 Å². The third-order valence-electron chi connectivity index (χ3n) is 9.18. The average Bonchev–Trinajstić information content (AvgIpc) is 3.20. The van der Waals surface area contributed by atoms with Crippen molar-refractivity contribution in [3.05, 3.63) is 17.0 Å². The Bertz CT molecular complexity index is 875. The van der Waals surface area contributed by atoms with Crippen molar-refractivity contribution in [3.63, 3.8) is 0 Å². The van der Waals surface area contributed by atoms with Crippen molar-refractivity contribution in [2.75, 3.05) is 13.7 Å². The summed E-state index contributed by atoms with van der Waals surface area (Å²) >= 11 is 0. The highest BCUT2D eigenvalue weighted by atomic mass is 16.5. The number of amides is 2. The molecular formula is C25H36N4O3. The number of hydrogen-bond acceptors (Lipinski definition) is 4. The van der Waals surface area contributed by atoms with Crippen LogP contribution in [-0.4, -0.2) is 46.4 Å². The van der Waals surface area contributed by atoms with Crippen molar-refractivity contribution in [3.8, 4) is 0 Å². The van der Waals surface area contributed by atoms with Crippen LogP contribution in [-0.2, 0) is 17.7 Å². The third-order valence-corrected chi connectivity index (χ3v) is 9.18. The van der Waals surface area contributed by atoms with Crippen molar-refractivity contribution in [1.82, 2.24) is 20.0 Å². The van der Waals surface area contributed by atoms with E-state index in [-0.39, 0.29) is 12.0 Å². The second-order valence-corrected chi connectivity index (χ2v) is 11.1. The first-order chi connectivity index (χ1) is 15.6. The lowest BCUT2D eigenvalue weighted by molar-refractivity contribution is -0.0120. The Hall–Kier alpha value is -2.05. The second kappa shape index (κ2) is 8.07. The van der Waals surface area contributed by atoms with E-state index in [0.29, 0.717) is 42.7 Å². The second-order valence-electron chi connectivity index (χ2n) is 11.1. The fraction of sp³-hybridized carbons (Fsp3) is 0.800. The topological polar surface area (TPSA) is 76.5 Å². The molecule has 7 rings (SSSR count). The van der Waals surface area contributed by atoms with Gasteiger partial charge in [-0.2, -0.15) is 5.10 Å². The smallest absolute Gasteiger partial charge is 0.409 e. The monoisotopic (exact) mass is 440 g/mol. The minimum absolute atomic E-state index is 0.0278. The minimum Gasteiger partial charge on any atom is -0.453 e. The lowest BCUT2D eigenvalue weighted by Crippen LogP contribution is -2.56. The molecule has 0 saturated heterocycles. The summed E-state index contributed by atoms with van der Waals surface area (Å²) in [5.41, 5.74) is 2.65. The van der Waals surface area contributed by atoms with Gasteiger partial charge in [0.25, 0.3) is 5.91 Å². The molecule has 1 N–H and O–H groups in total. The zero-order chi connectivity index (χ0) is 21.8. The fourth-order valence-corrected chi connectivity index (χ4v) is 7.92. The van der Waals surface area contributed by atoms with Gasteiger partial charge in [-0.25, -0.2) is 4.79 Å². The van der Waals surface area contributed by atoms with E-state index >= 15 is 0 Å². The molecule has 32 heavy (non-hydrogen) atoms. The van der Waals surface area contributed by atoms with E-state index in [1.807, 2.05) is 0 Å². The molecule has 174 valence electrons. The molecule has 0 radical (unpaired) electrons. The van der Waals surface area contributed by atoms with Gasteiger partial charge < -0.3 is 15.0 Å². The summed E-state index contributed by atoms with van der Waals surface area (Å²) in [5.74, 6) is 3.02. The number of carbonyl (C=O) groups excluding carboxylic acids is 2. The van der Waals surface area contributed by atoms with Crippen LogP contribution >= 0.6 is 0 Å². The van der Waals surface area contributed by atoms with Gasteiger partial charge in [-0.15, -0.1) is 0 Å². The molecule has 7 nitrogen and oxygen atoms in total. The number of fused-ring (bicyclic) bond motifs is 1. The Morgan fingerprint density at radius 2 is 1.69 bits per heavy atom. The predicted molar refractivity (Wildman–Crippen MR) is 119 cm³/mol. The summed E-state index contributed by atoms with van der Waals surface area (Å²) in [6.07, 6.45) is 12.9. The first-order valence-electron chi connectivity index (χ1n) is 12.8. The summed E-state index contributed by atoms with van der Waals surface area (Å²) < 4.78 is 7.13. The quantitative estimate of drug-likeness (QED) is 0.769. The van der Waals surface area contributed by atoms with Crippen LogP contribution < -0.4 is 5.32 Å². The molecule has 2 amide bonds. The summed E-state index contributed by atoms with van der Waals surface area (Å²) in [6, 6.07) is 0.677. The number of carbonyl (C=O) groups is 2. The molecule has 5 saturated carbocycles. The van der Waals surface area contributed by atoms with Gasteiger partial charge >= 0.3 is 6.09 Å². The zero-order valence-electron chi connectivity index (χ0n) is 19.2. The van der Waals surface area contributed by atoms with Crippen molar-refractivity contribution in [2.45, 2.75) is 89.3 Å². The molecule has 1 aromatic rings. The Morgan fingerprint density at radius 1 is 1.00 bits per heavy atom. The summed E-state index contributed by atoms with van der Waals surface area (Å²) in [7, 11) is 1.42. The van der Waals surface area contributed by atoms with Crippen LogP contribution in [0.2, 0.25) is 0 Å². The molecular weight excluding hydrogens is 404 g/mol. The van der Waals surface area contributed by atoms with E-state index in [0.717, 1.165) is 42.4 Å². The van der Waals surface area contributed by atoms with Crippen LogP contribution in [0.25, 0.3) is 0 Å². The highest BCUT2D eigenvalue weighted by Crippen LogP contribution is 2.53. The molecule has 0 unspecified atom stereocenters. The van der Waals surface area contributed by atoms with Crippen molar-refractivity contribution in [2.24, 2.45) is 23.7 Å². The van der Waals surface area contributed by atoms with Gasteiger partial charge in [0, 0.05) is 30.3 Å². The molecule has 4 bridgehead atoms. The molecule has 0 atom stereocenters. The normalized spacial score (nSPS) is 33.8. The first kappa shape index (κ1) is 20.5. The van der Waals surface area contributed by atoms with Crippen LogP contribution in [0.3, 0.4) is 0 Å². The number of aromatic nitrogens is 2. The number of nitrogens with zero attached hydrogens (tertiary/aromatic N) is 3. The van der Waals surface area contributed by atoms with Crippen molar-refractivity contribution in [1.29, 1.82) is 0 Å². The Labute approximate surface area is 190 Å². The van der Waals surface area contributed by atoms with Crippen LogP contribution in [0.5, 0.6) is 0 Å². The maximum absolute atomic E-state index is 13.6. The van der Waals surface area contributed by atoms with E-state index in [2.05, 4.69) is 10.00 Å². The number of hydrogen-bond donors (Lipinski definition) is 1. The van der Waals surface area contributed by atoms with E-state index in [9.17, 15) is 9.59 Å².